The molecule has 126 valence electrons. The zero-order valence-electron chi connectivity index (χ0n) is 14.9. The molecule has 1 heterocycles. The first kappa shape index (κ1) is 21.0. The summed E-state index contributed by atoms with van der Waals surface area (Å²) >= 11 is 0. The summed E-state index contributed by atoms with van der Waals surface area (Å²) in [5.41, 5.74) is 0.416. The first-order chi connectivity index (χ1) is 9.26. The van der Waals surface area contributed by atoms with Crippen LogP contribution in [-0.2, 0) is 0 Å². The number of guanidine groups is 1. The number of rotatable bonds is 5. The molecule has 0 spiro atoms. The van der Waals surface area contributed by atoms with Gasteiger partial charge >= 0.3 is 0 Å². The molecule has 0 aromatic rings. The fraction of sp³-hybridized carbons (Fsp3) is 0.938. The van der Waals surface area contributed by atoms with E-state index in [1.807, 2.05) is 7.05 Å². The average Bonchev–Trinajstić information content (AvgIpc) is 2.68. The minimum atomic E-state index is 0. The number of nitrogens with zero attached hydrogens (tertiary/aromatic N) is 3. The van der Waals surface area contributed by atoms with Gasteiger partial charge in [0.1, 0.15) is 0 Å². The van der Waals surface area contributed by atoms with E-state index in [0.717, 1.165) is 32.1 Å². The molecule has 0 unspecified atom stereocenters. The zero-order chi connectivity index (χ0) is 15.3. The van der Waals surface area contributed by atoms with Crippen molar-refractivity contribution in [1.29, 1.82) is 0 Å². The van der Waals surface area contributed by atoms with Gasteiger partial charge in [0.25, 0.3) is 0 Å². The third-order valence-corrected chi connectivity index (χ3v) is 4.17. The smallest absolute Gasteiger partial charge is 0.193 e. The second kappa shape index (κ2) is 9.18. The highest BCUT2D eigenvalue weighted by atomic mass is 127. The van der Waals surface area contributed by atoms with Crippen LogP contribution in [0.5, 0.6) is 0 Å². The molecule has 4 nitrogen and oxygen atoms in total. The van der Waals surface area contributed by atoms with Gasteiger partial charge in [-0.1, -0.05) is 13.8 Å². The third-order valence-electron chi connectivity index (χ3n) is 4.17. The third kappa shape index (κ3) is 6.72. The summed E-state index contributed by atoms with van der Waals surface area (Å²) in [5, 5.41) is 3.52. The molecule has 1 saturated heterocycles. The number of halogens is 1. The molecule has 1 N–H and O–H groups in total. The summed E-state index contributed by atoms with van der Waals surface area (Å²) in [5.74, 6) is 1.06. The Kier molecular flexibility index (Phi) is 9.16. The van der Waals surface area contributed by atoms with Gasteiger partial charge in [0.15, 0.2) is 5.96 Å². The Morgan fingerprint density at radius 2 is 1.81 bits per heavy atom. The highest BCUT2D eigenvalue weighted by Gasteiger charge is 2.30. The summed E-state index contributed by atoms with van der Waals surface area (Å²) in [6, 6.07) is 1.18. The lowest BCUT2D eigenvalue weighted by Gasteiger charge is -2.31. The summed E-state index contributed by atoms with van der Waals surface area (Å²) in [6.07, 6.45) is 1.25. The van der Waals surface area contributed by atoms with E-state index >= 15 is 0 Å². The largest absolute Gasteiger partial charge is 0.355 e. The maximum Gasteiger partial charge on any atom is 0.193 e. The van der Waals surface area contributed by atoms with E-state index in [4.69, 9.17) is 0 Å². The molecular weight excluding hydrogens is 375 g/mol. The number of aliphatic imine (C=N–C) groups is 1. The van der Waals surface area contributed by atoms with Gasteiger partial charge in [0, 0.05) is 45.3 Å². The Morgan fingerprint density at radius 1 is 1.24 bits per heavy atom. The minimum absolute atomic E-state index is 0. The molecule has 1 aliphatic heterocycles. The van der Waals surface area contributed by atoms with Gasteiger partial charge in [-0.05, 0) is 39.5 Å². The molecule has 0 aromatic carbocycles. The maximum absolute atomic E-state index is 4.44. The first-order valence-corrected chi connectivity index (χ1v) is 7.98. The Morgan fingerprint density at radius 3 is 2.19 bits per heavy atom. The summed E-state index contributed by atoms with van der Waals surface area (Å²) in [7, 11) is 1.89. The summed E-state index contributed by atoms with van der Waals surface area (Å²) < 4.78 is 0. The number of hydrogen-bond donors (Lipinski definition) is 1. The Balaban J connectivity index is 0.00000400. The molecule has 1 fully saturated rings. The first-order valence-electron chi connectivity index (χ1n) is 7.98. The van der Waals surface area contributed by atoms with Crippen LogP contribution in [0, 0.1) is 5.41 Å². The second-order valence-corrected chi connectivity index (χ2v) is 7.24. The summed E-state index contributed by atoms with van der Waals surface area (Å²) in [6.45, 7) is 17.9. The highest BCUT2D eigenvalue weighted by Crippen LogP contribution is 2.28. The predicted molar refractivity (Wildman–Crippen MR) is 104 cm³/mol. The van der Waals surface area contributed by atoms with Crippen LogP contribution in [0.2, 0.25) is 0 Å². The lowest BCUT2D eigenvalue weighted by Crippen LogP contribution is -2.46. The normalized spacial score (nSPS) is 18.6. The van der Waals surface area contributed by atoms with Gasteiger partial charge in [-0.25, -0.2) is 0 Å². The lowest BCUT2D eigenvalue weighted by atomic mass is 9.93. The predicted octanol–water partition coefficient (Wildman–Crippen LogP) is 3.03. The average molecular weight is 410 g/mol. The number of hydrogen-bond acceptors (Lipinski definition) is 2. The van der Waals surface area contributed by atoms with E-state index in [0.29, 0.717) is 17.5 Å². The molecule has 0 radical (unpaired) electrons. The van der Waals surface area contributed by atoms with E-state index in [2.05, 4.69) is 61.7 Å². The van der Waals surface area contributed by atoms with Crippen molar-refractivity contribution in [3.05, 3.63) is 0 Å². The van der Waals surface area contributed by atoms with Crippen molar-refractivity contribution in [2.24, 2.45) is 10.4 Å². The van der Waals surface area contributed by atoms with Crippen molar-refractivity contribution in [3.63, 3.8) is 0 Å². The van der Waals surface area contributed by atoms with Gasteiger partial charge in [-0.3, -0.25) is 9.89 Å². The second-order valence-electron chi connectivity index (χ2n) is 7.24. The van der Waals surface area contributed by atoms with Crippen molar-refractivity contribution >= 4 is 29.9 Å². The molecule has 0 aliphatic carbocycles. The quantitative estimate of drug-likeness (QED) is 0.430. The van der Waals surface area contributed by atoms with Crippen LogP contribution in [0.1, 0.15) is 48.0 Å². The maximum atomic E-state index is 4.44. The fourth-order valence-corrected chi connectivity index (χ4v) is 3.03. The summed E-state index contributed by atoms with van der Waals surface area (Å²) in [4.78, 5) is 9.33. The van der Waals surface area contributed by atoms with Gasteiger partial charge in [-0.2, -0.15) is 0 Å². The Hall–Kier alpha value is -0.0400. The SMILES string of the molecule is CN=C(NCCN(C(C)C)C(C)C)N1CCC(C)(C)C1.I. The molecule has 21 heavy (non-hydrogen) atoms. The Bertz CT molecular complexity index is 318. The van der Waals surface area contributed by atoms with Crippen molar-refractivity contribution in [3.8, 4) is 0 Å². The van der Waals surface area contributed by atoms with E-state index in [1.54, 1.807) is 0 Å². The Labute approximate surface area is 148 Å². The topological polar surface area (TPSA) is 30.9 Å². The van der Waals surface area contributed by atoms with Crippen LogP contribution in [0.25, 0.3) is 0 Å². The van der Waals surface area contributed by atoms with Crippen molar-refractivity contribution in [2.45, 2.75) is 60.0 Å². The molecule has 0 bridgehead atoms. The zero-order valence-corrected chi connectivity index (χ0v) is 17.3. The minimum Gasteiger partial charge on any atom is -0.355 e. The van der Waals surface area contributed by atoms with Gasteiger partial charge in [0.05, 0.1) is 0 Å². The van der Waals surface area contributed by atoms with Gasteiger partial charge in [-0.15, -0.1) is 24.0 Å². The van der Waals surface area contributed by atoms with E-state index in [9.17, 15) is 0 Å². The molecule has 0 amide bonds. The molecule has 5 heteroatoms. The number of nitrogens with one attached hydrogen (secondary N) is 1. The highest BCUT2D eigenvalue weighted by molar-refractivity contribution is 14.0. The van der Waals surface area contributed by atoms with Gasteiger partial charge in [0.2, 0.25) is 0 Å². The van der Waals surface area contributed by atoms with E-state index < -0.39 is 0 Å². The standard InChI is InChI=1S/C16H34N4.HI/c1-13(2)20(14(3)4)11-9-18-15(17-7)19-10-8-16(5,6)12-19;/h13-14H,8-12H2,1-7H3,(H,17,18);1H. The molecule has 1 rings (SSSR count). The van der Waals surface area contributed by atoms with Crippen LogP contribution in [-0.4, -0.2) is 61.1 Å². The lowest BCUT2D eigenvalue weighted by molar-refractivity contribution is 0.178. The molecule has 1 aliphatic rings. The monoisotopic (exact) mass is 410 g/mol. The van der Waals surface area contributed by atoms with Crippen LogP contribution in [0.4, 0.5) is 0 Å². The molecule has 0 aromatic heterocycles. The fourth-order valence-electron chi connectivity index (χ4n) is 3.03. The molecular formula is C16H35IN4. The molecule has 0 atom stereocenters. The van der Waals surface area contributed by atoms with Crippen LogP contribution in [0.15, 0.2) is 4.99 Å². The van der Waals surface area contributed by atoms with Crippen LogP contribution < -0.4 is 5.32 Å². The number of likely N-dealkylation sites (tertiary alicyclic amines) is 1. The van der Waals surface area contributed by atoms with Crippen LogP contribution >= 0.6 is 24.0 Å². The van der Waals surface area contributed by atoms with Crippen molar-refractivity contribution in [1.82, 2.24) is 15.1 Å². The van der Waals surface area contributed by atoms with Crippen molar-refractivity contribution < 1.29 is 0 Å². The van der Waals surface area contributed by atoms with E-state index in [1.165, 1.54) is 6.42 Å². The van der Waals surface area contributed by atoms with Gasteiger partial charge < -0.3 is 10.2 Å². The van der Waals surface area contributed by atoms with E-state index in [-0.39, 0.29) is 24.0 Å². The molecule has 0 saturated carbocycles. The van der Waals surface area contributed by atoms with Crippen molar-refractivity contribution in [2.75, 3.05) is 33.2 Å². The van der Waals surface area contributed by atoms with Crippen LogP contribution in [0.3, 0.4) is 0 Å².